The van der Waals surface area contributed by atoms with Crippen LogP contribution in [0, 0.1) is 0 Å². The number of nitrogens with one attached hydrogen (secondary N) is 3. The third-order valence-electron chi connectivity index (χ3n) is 0.708. The minimum absolute atomic E-state index is 0.406. The van der Waals surface area contributed by atoms with Gasteiger partial charge in [0.1, 0.15) is 0 Å². The molecule has 0 spiro atoms. The van der Waals surface area contributed by atoms with Gasteiger partial charge in [-0.05, 0) is 18.6 Å². The van der Waals surface area contributed by atoms with E-state index in [1.165, 1.54) is 0 Å². The Hall–Kier alpha value is -0.390. The van der Waals surface area contributed by atoms with Crippen molar-refractivity contribution in [3.63, 3.8) is 0 Å². The molecule has 9 heavy (non-hydrogen) atoms. The van der Waals surface area contributed by atoms with Gasteiger partial charge in [0.05, 0.1) is 0 Å². The smallest absolute Gasteiger partial charge is 0.195 e. The van der Waals surface area contributed by atoms with Crippen molar-refractivity contribution in [3.05, 3.63) is 0 Å². The molecule has 0 saturated carbocycles. The van der Waals surface area contributed by atoms with Crippen LogP contribution in [-0.2, 0) is 0 Å². The van der Waals surface area contributed by atoms with Crippen LogP contribution in [-0.4, -0.2) is 11.7 Å². The van der Waals surface area contributed by atoms with Crippen LogP contribution in [0.4, 0.5) is 0 Å². The first-order valence-corrected chi connectivity index (χ1v) is 3.21. The van der Waals surface area contributed by atoms with Crippen LogP contribution in [0.3, 0.4) is 0 Å². The summed E-state index contributed by atoms with van der Waals surface area (Å²) in [6.45, 7) is 2.94. The zero-order valence-corrected chi connectivity index (χ0v) is 6.22. The van der Waals surface area contributed by atoms with Gasteiger partial charge in [0.15, 0.2) is 5.11 Å². The monoisotopic (exact) mass is 148 g/mol. The van der Waals surface area contributed by atoms with Crippen LogP contribution >= 0.6 is 12.2 Å². The van der Waals surface area contributed by atoms with E-state index in [2.05, 4.69) is 35.4 Å². The van der Waals surface area contributed by atoms with E-state index in [1.807, 2.05) is 0 Å². The summed E-state index contributed by atoms with van der Waals surface area (Å²) in [5, 5.41) is 0.406. The molecule has 4 nitrogen and oxygen atoms in total. The summed E-state index contributed by atoms with van der Waals surface area (Å²) >= 11 is 4.66. The predicted molar refractivity (Wildman–Crippen MR) is 41.4 cm³/mol. The molecule has 5 N–H and O–H groups in total. The van der Waals surface area contributed by atoms with E-state index in [0.29, 0.717) is 5.11 Å². The summed E-state index contributed by atoms with van der Waals surface area (Å²) in [5.74, 6) is 4.96. The van der Waals surface area contributed by atoms with Gasteiger partial charge in [-0.1, -0.05) is 6.92 Å². The Labute approximate surface area is 60.1 Å². The summed E-state index contributed by atoms with van der Waals surface area (Å²) in [4.78, 5) is 0. The maximum atomic E-state index is 4.96. The normalized spacial score (nSPS) is 8.67. The van der Waals surface area contributed by atoms with E-state index in [9.17, 15) is 0 Å². The SMILES string of the molecule is CCCNNC(=S)NN. The fourth-order valence-electron chi connectivity index (χ4n) is 0.304. The van der Waals surface area contributed by atoms with Gasteiger partial charge in [-0.25, -0.2) is 11.3 Å². The Morgan fingerprint density at radius 1 is 1.67 bits per heavy atom. The first kappa shape index (κ1) is 8.61. The van der Waals surface area contributed by atoms with Crippen LogP contribution in [0.25, 0.3) is 0 Å². The zero-order chi connectivity index (χ0) is 7.11. The molecule has 0 saturated heterocycles. The van der Waals surface area contributed by atoms with E-state index in [4.69, 9.17) is 5.84 Å². The minimum atomic E-state index is 0.406. The number of nitrogens with two attached hydrogens (primary N) is 1. The summed E-state index contributed by atoms with van der Waals surface area (Å²) in [7, 11) is 0. The second-order valence-electron chi connectivity index (χ2n) is 1.53. The minimum Gasteiger partial charge on any atom is -0.300 e. The first-order chi connectivity index (χ1) is 4.31. The molecule has 5 heteroatoms. The third kappa shape index (κ3) is 5.48. The molecule has 0 aromatic rings. The lowest BCUT2D eigenvalue weighted by molar-refractivity contribution is 0.633. The number of rotatable bonds is 3. The molecule has 0 aliphatic carbocycles. The van der Waals surface area contributed by atoms with Gasteiger partial charge in [0.25, 0.3) is 0 Å². The largest absolute Gasteiger partial charge is 0.300 e. The highest BCUT2D eigenvalue weighted by Gasteiger charge is 1.85. The lowest BCUT2D eigenvalue weighted by atomic mass is 10.5. The molecule has 0 aromatic carbocycles. The highest BCUT2D eigenvalue weighted by Crippen LogP contribution is 1.65. The highest BCUT2D eigenvalue weighted by atomic mass is 32.1. The van der Waals surface area contributed by atoms with Crippen molar-refractivity contribution in [3.8, 4) is 0 Å². The molecule has 0 bridgehead atoms. The molecule has 54 valence electrons. The van der Waals surface area contributed by atoms with Crippen molar-refractivity contribution >= 4 is 17.3 Å². The van der Waals surface area contributed by atoms with Crippen LogP contribution in [0.15, 0.2) is 0 Å². The van der Waals surface area contributed by atoms with Crippen LogP contribution in [0.1, 0.15) is 13.3 Å². The second kappa shape index (κ2) is 5.74. The molecule has 0 radical (unpaired) electrons. The summed E-state index contributed by atoms with van der Waals surface area (Å²) in [6, 6.07) is 0. The molecule has 0 aliphatic rings. The number of hydrogen-bond donors (Lipinski definition) is 4. The standard InChI is InChI=1S/C4H12N4S/c1-2-3-6-8-4(9)7-5/h6H,2-3,5H2,1H3,(H2,7,8,9). The van der Waals surface area contributed by atoms with Crippen LogP contribution in [0.2, 0.25) is 0 Å². The van der Waals surface area contributed by atoms with Crippen molar-refractivity contribution in [2.75, 3.05) is 6.54 Å². The van der Waals surface area contributed by atoms with E-state index in [1.54, 1.807) is 0 Å². The maximum Gasteiger partial charge on any atom is 0.195 e. The molecular weight excluding hydrogens is 136 g/mol. The van der Waals surface area contributed by atoms with Gasteiger partial charge in [-0.2, -0.15) is 0 Å². The Bertz CT molecular complexity index is 84.6. The summed E-state index contributed by atoms with van der Waals surface area (Å²) in [5.41, 5.74) is 7.81. The van der Waals surface area contributed by atoms with Crippen molar-refractivity contribution in [1.82, 2.24) is 16.3 Å². The molecule has 0 unspecified atom stereocenters. The Morgan fingerprint density at radius 2 is 2.33 bits per heavy atom. The Kier molecular flexibility index (Phi) is 5.49. The summed E-state index contributed by atoms with van der Waals surface area (Å²) < 4.78 is 0. The van der Waals surface area contributed by atoms with Gasteiger partial charge >= 0.3 is 0 Å². The zero-order valence-electron chi connectivity index (χ0n) is 5.40. The number of thiocarbonyl (C=S) groups is 1. The molecule has 0 atom stereocenters. The summed E-state index contributed by atoms with van der Waals surface area (Å²) in [6.07, 6.45) is 1.06. The van der Waals surface area contributed by atoms with Crippen LogP contribution < -0.4 is 22.1 Å². The van der Waals surface area contributed by atoms with Gasteiger partial charge < -0.3 is 0 Å². The molecule has 0 rings (SSSR count). The molecule has 0 aromatic heterocycles. The first-order valence-electron chi connectivity index (χ1n) is 2.80. The van der Waals surface area contributed by atoms with E-state index >= 15 is 0 Å². The van der Waals surface area contributed by atoms with E-state index in [-0.39, 0.29) is 0 Å². The molecule has 0 amide bonds. The quantitative estimate of drug-likeness (QED) is 0.183. The van der Waals surface area contributed by atoms with Crippen molar-refractivity contribution in [2.45, 2.75) is 13.3 Å². The molecule has 0 heterocycles. The maximum absolute atomic E-state index is 4.96. The third-order valence-corrected chi connectivity index (χ3v) is 0.928. The lowest BCUT2D eigenvalue weighted by Gasteiger charge is -2.05. The van der Waals surface area contributed by atoms with Crippen LogP contribution in [0.5, 0.6) is 0 Å². The van der Waals surface area contributed by atoms with Crippen molar-refractivity contribution in [2.24, 2.45) is 5.84 Å². The van der Waals surface area contributed by atoms with Gasteiger partial charge in [0.2, 0.25) is 0 Å². The van der Waals surface area contributed by atoms with Crippen molar-refractivity contribution < 1.29 is 0 Å². The highest BCUT2D eigenvalue weighted by molar-refractivity contribution is 7.80. The Balaban J connectivity index is 2.97. The second-order valence-corrected chi connectivity index (χ2v) is 1.93. The molecule has 0 aliphatic heterocycles. The van der Waals surface area contributed by atoms with E-state index in [0.717, 1.165) is 13.0 Å². The fourth-order valence-corrected chi connectivity index (χ4v) is 0.376. The average Bonchev–Trinajstić information content (AvgIpc) is 1.89. The topological polar surface area (TPSA) is 62.1 Å². The Morgan fingerprint density at radius 3 is 2.78 bits per heavy atom. The molecule has 0 fully saturated rings. The van der Waals surface area contributed by atoms with Gasteiger partial charge in [0, 0.05) is 6.54 Å². The number of hydrazine groups is 2. The predicted octanol–water partition coefficient (Wildman–Crippen LogP) is -0.761. The van der Waals surface area contributed by atoms with Gasteiger partial charge in [-0.15, -0.1) is 0 Å². The molecular formula is C4H12N4S. The van der Waals surface area contributed by atoms with E-state index < -0.39 is 0 Å². The van der Waals surface area contributed by atoms with Crippen molar-refractivity contribution in [1.29, 1.82) is 0 Å². The number of hydrogen-bond acceptors (Lipinski definition) is 3. The lowest BCUT2D eigenvalue weighted by Crippen LogP contribution is -2.46. The van der Waals surface area contributed by atoms with Gasteiger partial charge in [-0.3, -0.25) is 10.9 Å². The fraction of sp³-hybridized carbons (Fsp3) is 0.750. The average molecular weight is 148 g/mol.